The van der Waals surface area contributed by atoms with Crippen molar-refractivity contribution in [3.05, 3.63) is 30.1 Å². The van der Waals surface area contributed by atoms with Crippen LogP contribution in [0.1, 0.15) is 10.5 Å². The third kappa shape index (κ3) is 1.93. The smallest absolute Gasteiger partial charge is 0.272 e. The lowest BCUT2D eigenvalue weighted by molar-refractivity contribution is 0.0770. The minimum Gasteiger partial charge on any atom is -0.337 e. The fourth-order valence-electron chi connectivity index (χ4n) is 3.04. The molecule has 2 aliphatic heterocycles. The molecule has 0 saturated carbocycles. The molecule has 0 aliphatic carbocycles. The normalized spacial score (nSPS) is 28.4. The Labute approximate surface area is 101 Å². The molecule has 2 aliphatic rings. The second kappa shape index (κ2) is 4.11. The standard InChI is InChI=1S/C13H17N3O/c1-15-6-10-8-16(9-11(10)7-15)13(17)12-4-2-3-5-14-12/h2-5,10-11H,6-9H2,1H3. The van der Waals surface area contributed by atoms with Gasteiger partial charge in [0.05, 0.1) is 0 Å². The van der Waals surface area contributed by atoms with E-state index in [1.807, 2.05) is 17.0 Å². The zero-order valence-electron chi connectivity index (χ0n) is 10.0. The minimum absolute atomic E-state index is 0.0858. The molecule has 2 saturated heterocycles. The number of pyridine rings is 1. The maximum Gasteiger partial charge on any atom is 0.272 e. The highest BCUT2D eigenvalue weighted by molar-refractivity contribution is 5.92. The highest BCUT2D eigenvalue weighted by Crippen LogP contribution is 2.30. The van der Waals surface area contributed by atoms with Crippen LogP contribution >= 0.6 is 0 Å². The Hall–Kier alpha value is -1.42. The van der Waals surface area contributed by atoms with Crippen LogP contribution < -0.4 is 0 Å². The fourth-order valence-corrected chi connectivity index (χ4v) is 3.04. The molecule has 0 spiro atoms. The molecule has 1 aromatic rings. The zero-order valence-corrected chi connectivity index (χ0v) is 10.0. The Morgan fingerprint density at radius 2 is 1.94 bits per heavy atom. The number of nitrogens with zero attached hydrogens (tertiary/aromatic N) is 3. The molecule has 1 amide bonds. The Kier molecular flexibility index (Phi) is 2.59. The Balaban J connectivity index is 1.70. The molecule has 0 bridgehead atoms. The lowest BCUT2D eigenvalue weighted by atomic mass is 10.0. The van der Waals surface area contributed by atoms with Gasteiger partial charge in [-0.2, -0.15) is 0 Å². The summed E-state index contributed by atoms with van der Waals surface area (Å²) in [7, 11) is 2.16. The van der Waals surface area contributed by atoms with Gasteiger partial charge >= 0.3 is 0 Å². The van der Waals surface area contributed by atoms with Gasteiger partial charge in [-0.25, -0.2) is 0 Å². The van der Waals surface area contributed by atoms with Gasteiger partial charge in [-0.1, -0.05) is 6.07 Å². The second-order valence-electron chi connectivity index (χ2n) is 5.17. The SMILES string of the molecule is CN1CC2CN(C(=O)c3ccccn3)CC2C1. The number of carbonyl (C=O) groups excluding carboxylic acids is 1. The number of rotatable bonds is 1. The van der Waals surface area contributed by atoms with Crippen LogP contribution in [0.5, 0.6) is 0 Å². The van der Waals surface area contributed by atoms with E-state index in [4.69, 9.17) is 0 Å². The molecule has 0 aromatic carbocycles. The Bertz CT molecular complexity index is 406. The van der Waals surface area contributed by atoms with Crippen molar-refractivity contribution in [2.75, 3.05) is 33.2 Å². The van der Waals surface area contributed by atoms with Crippen molar-refractivity contribution in [3.8, 4) is 0 Å². The summed E-state index contributed by atoms with van der Waals surface area (Å²) in [6.07, 6.45) is 1.68. The van der Waals surface area contributed by atoms with Gasteiger partial charge in [0.2, 0.25) is 0 Å². The van der Waals surface area contributed by atoms with Crippen LogP contribution in [0.15, 0.2) is 24.4 Å². The second-order valence-corrected chi connectivity index (χ2v) is 5.17. The number of amides is 1. The van der Waals surface area contributed by atoms with Crippen molar-refractivity contribution < 1.29 is 4.79 Å². The summed E-state index contributed by atoms with van der Waals surface area (Å²) in [5.41, 5.74) is 0.570. The summed E-state index contributed by atoms with van der Waals surface area (Å²) in [5, 5.41) is 0. The van der Waals surface area contributed by atoms with E-state index >= 15 is 0 Å². The van der Waals surface area contributed by atoms with Crippen molar-refractivity contribution in [1.82, 2.24) is 14.8 Å². The molecule has 0 radical (unpaired) electrons. The van der Waals surface area contributed by atoms with Gasteiger partial charge in [0, 0.05) is 32.4 Å². The van der Waals surface area contributed by atoms with Crippen molar-refractivity contribution in [1.29, 1.82) is 0 Å². The van der Waals surface area contributed by atoms with Gasteiger partial charge in [-0.3, -0.25) is 9.78 Å². The van der Waals surface area contributed by atoms with E-state index < -0.39 is 0 Å². The van der Waals surface area contributed by atoms with Crippen LogP contribution in [0.4, 0.5) is 0 Å². The van der Waals surface area contributed by atoms with Crippen molar-refractivity contribution in [2.24, 2.45) is 11.8 Å². The van der Waals surface area contributed by atoms with E-state index in [9.17, 15) is 4.79 Å². The third-order valence-electron chi connectivity index (χ3n) is 3.84. The van der Waals surface area contributed by atoms with E-state index in [0.29, 0.717) is 17.5 Å². The summed E-state index contributed by atoms with van der Waals surface area (Å²) < 4.78 is 0. The Morgan fingerprint density at radius 1 is 1.24 bits per heavy atom. The summed E-state index contributed by atoms with van der Waals surface area (Å²) in [6, 6.07) is 5.50. The molecule has 3 rings (SSSR count). The van der Waals surface area contributed by atoms with Gasteiger partial charge in [-0.15, -0.1) is 0 Å². The summed E-state index contributed by atoms with van der Waals surface area (Å²) in [6.45, 7) is 4.03. The van der Waals surface area contributed by atoms with E-state index in [1.165, 1.54) is 0 Å². The van der Waals surface area contributed by atoms with Gasteiger partial charge in [0.1, 0.15) is 5.69 Å². The predicted molar refractivity (Wildman–Crippen MR) is 64.6 cm³/mol. The predicted octanol–water partition coefficient (Wildman–Crippen LogP) is 0.715. The number of hydrogen-bond acceptors (Lipinski definition) is 3. The highest BCUT2D eigenvalue weighted by atomic mass is 16.2. The fraction of sp³-hybridized carbons (Fsp3) is 0.538. The number of fused-ring (bicyclic) bond motifs is 1. The first kappa shape index (κ1) is 10.7. The molecular weight excluding hydrogens is 214 g/mol. The zero-order chi connectivity index (χ0) is 11.8. The van der Waals surface area contributed by atoms with Crippen molar-refractivity contribution in [3.63, 3.8) is 0 Å². The molecule has 4 heteroatoms. The van der Waals surface area contributed by atoms with E-state index in [1.54, 1.807) is 12.3 Å². The Morgan fingerprint density at radius 3 is 2.53 bits per heavy atom. The highest BCUT2D eigenvalue weighted by Gasteiger charge is 2.40. The van der Waals surface area contributed by atoms with Crippen LogP contribution in [0.25, 0.3) is 0 Å². The topological polar surface area (TPSA) is 36.4 Å². The molecule has 90 valence electrons. The van der Waals surface area contributed by atoms with Gasteiger partial charge in [-0.05, 0) is 31.0 Å². The van der Waals surface area contributed by atoms with Crippen molar-refractivity contribution >= 4 is 5.91 Å². The summed E-state index contributed by atoms with van der Waals surface area (Å²) in [4.78, 5) is 20.7. The average Bonchev–Trinajstić information content (AvgIpc) is 2.86. The van der Waals surface area contributed by atoms with Crippen LogP contribution in [0.2, 0.25) is 0 Å². The summed E-state index contributed by atoms with van der Waals surface area (Å²) in [5.74, 6) is 1.41. The first-order valence-electron chi connectivity index (χ1n) is 6.13. The van der Waals surface area contributed by atoms with Gasteiger partial charge in [0.15, 0.2) is 0 Å². The van der Waals surface area contributed by atoms with E-state index in [2.05, 4.69) is 16.9 Å². The summed E-state index contributed by atoms with van der Waals surface area (Å²) >= 11 is 0. The molecule has 4 nitrogen and oxygen atoms in total. The van der Waals surface area contributed by atoms with Crippen LogP contribution in [0.3, 0.4) is 0 Å². The molecule has 2 unspecified atom stereocenters. The van der Waals surface area contributed by atoms with Crippen LogP contribution in [-0.4, -0.2) is 53.9 Å². The van der Waals surface area contributed by atoms with Gasteiger partial charge in [0.25, 0.3) is 5.91 Å². The first-order chi connectivity index (χ1) is 8.24. The number of hydrogen-bond donors (Lipinski definition) is 0. The molecule has 17 heavy (non-hydrogen) atoms. The van der Waals surface area contributed by atoms with E-state index in [-0.39, 0.29) is 5.91 Å². The average molecular weight is 231 g/mol. The lowest BCUT2D eigenvalue weighted by Gasteiger charge is -2.18. The maximum absolute atomic E-state index is 12.2. The lowest BCUT2D eigenvalue weighted by Crippen LogP contribution is -2.32. The molecule has 3 heterocycles. The van der Waals surface area contributed by atoms with Crippen molar-refractivity contribution in [2.45, 2.75) is 0 Å². The molecule has 0 N–H and O–H groups in total. The third-order valence-corrected chi connectivity index (χ3v) is 3.84. The number of likely N-dealkylation sites (tertiary alicyclic amines) is 2. The quantitative estimate of drug-likeness (QED) is 0.714. The molecule has 1 aromatic heterocycles. The maximum atomic E-state index is 12.2. The minimum atomic E-state index is 0.0858. The monoisotopic (exact) mass is 231 g/mol. The van der Waals surface area contributed by atoms with Gasteiger partial charge < -0.3 is 9.80 Å². The molecule has 2 fully saturated rings. The van der Waals surface area contributed by atoms with E-state index in [0.717, 1.165) is 26.2 Å². The first-order valence-corrected chi connectivity index (χ1v) is 6.13. The molecule has 2 atom stereocenters. The van der Waals surface area contributed by atoms with Crippen LogP contribution in [-0.2, 0) is 0 Å². The number of aromatic nitrogens is 1. The van der Waals surface area contributed by atoms with Crippen LogP contribution in [0, 0.1) is 11.8 Å². The largest absolute Gasteiger partial charge is 0.337 e. The number of carbonyl (C=O) groups is 1. The molecular formula is C13H17N3O.